The molecule has 1 aliphatic carbocycles. The summed E-state index contributed by atoms with van der Waals surface area (Å²) in [5, 5.41) is 10.2. The summed E-state index contributed by atoms with van der Waals surface area (Å²) in [5.74, 6) is 0.661. The van der Waals surface area contributed by atoms with Gasteiger partial charge in [0.15, 0.2) is 0 Å². The van der Waals surface area contributed by atoms with Gasteiger partial charge >= 0.3 is 0 Å². The zero-order valence-electron chi connectivity index (χ0n) is 15.9. The highest BCUT2D eigenvalue weighted by Crippen LogP contribution is 2.39. The van der Waals surface area contributed by atoms with Crippen LogP contribution in [-0.4, -0.2) is 28.6 Å². The van der Waals surface area contributed by atoms with Crippen LogP contribution in [0.2, 0.25) is 0 Å². The van der Waals surface area contributed by atoms with Gasteiger partial charge in [-0.2, -0.15) is 5.10 Å². The lowest BCUT2D eigenvalue weighted by atomic mass is 10.0. The molecule has 27 heavy (non-hydrogen) atoms. The first kappa shape index (κ1) is 17.8. The molecule has 1 saturated carbocycles. The van der Waals surface area contributed by atoms with Crippen LogP contribution in [-0.2, 0) is 16.1 Å². The first-order valence-corrected chi connectivity index (χ1v) is 9.73. The van der Waals surface area contributed by atoms with E-state index in [0.29, 0.717) is 24.9 Å². The van der Waals surface area contributed by atoms with Crippen molar-refractivity contribution in [3.05, 3.63) is 47.3 Å². The first-order chi connectivity index (χ1) is 13.0. The highest BCUT2D eigenvalue weighted by Gasteiger charge is 2.35. The lowest BCUT2D eigenvalue weighted by Crippen LogP contribution is -2.32. The highest BCUT2D eigenvalue weighted by molar-refractivity contribution is 6.00. The third-order valence-electron chi connectivity index (χ3n) is 5.47. The van der Waals surface area contributed by atoms with Crippen molar-refractivity contribution in [2.45, 2.75) is 51.5 Å². The molecule has 1 aromatic heterocycles. The van der Waals surface area contributed by atoms with Crippen LogP contribution in [0.25, 0.3) is 0 Å². The van der Waals surface area contributed by atoms with E-state index in [4.69, 9.17) is 0 Å². The van der Waals surface area contributed by atoms with Gasteiger partial charge < -0.3 is 10.2 Å². The normalized spacial score (nSPS) is 19.7. The van der Waals surface area contributed by atoms with E-state index in [1.165, 1.54) is 18.4 Å². The Bertz CT molecular complexity index is 836. The third-order valence-corrected chi connectivity index (χ3v) is 5.47. The fourth-order valence-electron chi connectivity index (χ4n) is 3.56. The van der Waals surface area contributed by atoms with Gasteiger partial charge in [-0.05, 0) is 42.5 Å². The maximum Gasteiger partial charge on any atom is 0.227 e. The highest BCUT2D eigenvalue weighted by atomic mass is 16.2. The van der Waals surface area contributed by atoms with Crippen molar-refractivity contribution < 1.29 is 9.59 Å². The fraction of sp³-hybridized carbons (Fsp3) is 0.476. The predicted molar refractivity (Wildman–Crippen MR) is 103 cm³/mol. The molecular formula is C21H26N4O2. The number of carbonyl (C=O) groups is 2. The average molecular weight is 366 g/mol. The van der Waals surface area contributed by atoms with Crippen LogP contribution in [0.1, 0.15) is 61.9 Å². The van der Waals surface area contributed by atoms with Gasteiger partial charge in [0.05, 0.1) is 23.9 Å². The maximum absolute atomic E-state index is 12.5. The molecule has 1 saturated heterocycles. The number of carbonyl (C=O) groups excluding carboxylic acids is 2. The van der Waals surface area contributed by atoms with E-state index in [-0.39, 0.29) is 24.2 Å². The Morgan fingerprint density at radius 3 is 2.70 bits per heavy atom. The van der Waals surface area contributed by atoms with Crippen LogP contribution in [0.3, 0.4) is 0 Å². The number of nitrogens with one attached hydrogen (secondary N) is 2. The zero-order chi connectivity index (χ0) is 19.0. The SMILES string of the molecule is CC(C)c1ccc(N2CC(C(=O)NCc3cc(C4CC4)n[nH]3)CC2=O)cc1. The second-order valence-electron chi connectivity index (χ2n) is 7.96. The van der Waals surface area contributed by atoms with Crippen molar-refractivity contribution in [1.29, 1.82) is 0 Å². The van der Waals surface area contributed by atoms with Gasteiger partial charge in [0, 0.05) is 24.6 Å². The lowest BCUT2D eigenvalue weighted by molar-refractivity contribution is -0.126. The predicted octanol–water partition coefficient (Wildman–Crippen LogP) is 3.08. The molecule has 0 radical (unpaired) electrons. The van der Waals surface area contributed by atoms with E-state index in [0.717, 1.165) is 17.1 Å². The molecule has 2 aromatic rings. The number of rotatable bonds is 6. The summed E-state index contributed by atoms with van der Waals surface area (Å²) in [6.45, 7) is 5.14. The number of aromatic nitrogens is 2. The molecule has 2 amide bonds. The minimum absolute atomic E-state index is 0.00464. The molecule has 6 heteroatoms. The van der Waals surface area contributed by atoms with Gasteiger partial charge in [0.25, 0.3) is 0 Å². The Morgan fingerprint density at radius 1 is 1.30 bits per heavy atom. The van der Waals surface area contributed by atoms with E-state index in [2.05, 4.69) is 41.5 Å². The Hall–Kier alpha value is -2.63. The number of nitrogens with zero attached hydrogens (tertiary/aromatic N) is 2. The number of H-pyrrole nitrogens is 1. The molecule has 2 aliphatic rings. The molecule has 4 rings (SSSR count). The zero-order valence-corrected chi connectivity index (χ0v) is 15.9. The second kappa shape index (κ2) is 7.18. The van der Waals surface area contributed by atoms with Gasteiger partial charge in [0.2, 0.25) is 11.8 Å². The fourth-order valence-corrected chi connectivity index (χ4v) is 3.56. The number of aromatic amines is 1. The van der Waals surface area contributed by atoms with E-state index in [9.17, 15) is 9.59 Å². The summed E-state index contributed by atoms with van der Waals surface area (Å²) in [6, 6.07) is 10.1. The molecule has 0 spiro atoms. The van der Waals surface area contributed by atoms with Gasteiger partial charge in [-0.1, -0.05) is 26.0 Å². The molecule has 0 bridgehead atoms. The maximum atomic E-state index is 12.5. The minimum Gasteiger partial charge on any atom is -0.350 e. The largest absolute Gasteiger partial charge is 0.350 e. The standard InChI is InChI=1S/C21H26N4O2/c1-13(2)14-5-7-18(8-6-14)25-12-16(9-20(25)26)21(27)22-11-17-10-19(24-23-17)15-3-4-15/h5-8,10,13,15-16H,3-4,9,11-12H2,1-2H3,(H,22,27)(H,23,24). The van der Waals surface area contributed by atoms with Gasteiger partial charge in [-0.15, -0.1) is 0 Å². The Morgan fingerprint density at radius 2 is 2.04 bits per heavy atom. The van der Waals surface area contributed by atoms with Crippen LogP contribution in [0, 0.1) is 5.92 Å². The van der Waals surface area contributed by atoms with Crippen molar-refractivity contribution in [3.63, 3.8) is 0 Å². The van der Waals surface area contributed by atoms with Crippen LogP contribution in [0.5, 0.6) is 0 Å². The molecule has 1 aromatic carbocycles. The first-order valence-electron chi connectivity index (χ1n) is 9.73. The lowest BCUT2D eigenvalue weighted by Gasteiger charge is -2.17. The topological polar surface area (TPSA) is 78.1 Å². The van der Waals surface area contributed by atoms with Crippen LogP contribution in [0.4, 0.5) is 5.69 Å². The molecule has 1 aliphatic heterocycles. The number of hydrogen-bond donors (Lipinski definition) is 2. The van der Waals surface area contributed by atoms with Crippen molar-refractivity contribution in [2.75, 3.05) is 11.4 Å². The average Bonchev–Trinajstić information content (AvgIpc) is 3.28. The summed E-state index contributed by atoms with van der Waals surface area (Å²) in [6.07, 6.45) is 2.66. The van der Waals surface area contributed by atoms with Crippen LogP contribution in [0.15, 0.2) is 30.3 Å². The molecule has 2 N–H and O–H groups in total. The smallest absolute Gasteiger partial charge is 0.227 e. The molecular weight excluding hydrogens is 340 g/mol. The molecule has 2 heterocycles. The molecule has 6 nitrogen and oxygen atoms in total. The molecule has 142 valence electrons. The van der Waals surface area contributed by atoms with Crippen molar-refractivity contribution in [3.8, 4) is 0 Å². The number of benzene rings is 1. The van der Waals surface area contributed by atoms with Crippen LogP contribution < -0.4 is 10.2 Å². The summed E-state index contributed by atoms with van der Waals surface area (Å²) in [7, 11) is 0. The third kappa shape index (κ3) is 3.89. The van der Waals surface area contributed by atoms with E-state index < -0.39 is 0 Å². The summed E-state index contributed by atoms with van der Waals surface area (Å²) >= 11 is 0. The molecule has 2 fully saturated rings. The Labute approximate surface area is 159 Å². The quantitative estimate of drug-likeness (QED) is 0.825. The monoisotopic (exact) mass is 366 g/mol. The second-order valence-corrected chi connectivity index (χ2v) is 7.96. The number of anilines is 1. The van der Waals surface area contributed by atoms with Gasteiger partial charge in [-0.25, -0.2) is 0 Å². The van der Waals surface area contributed by atoms with Crippen molar-refractivity contribution in [2.24, 2.45) is 5.92 Å². The number of amides is 2. The Balaban J connectivity index is 1.34. The summed E-state index contributed by atoms with van der Waals surface area (Å²) < 4.78 is 0. The van der Waals surface area contributed by atoms with E-state index in [1.807, 2.05) is 18.2 Å². The van der Waals surface area contributed by atoms with E-state index >= 15 is 0 Å². The number of hydrogen-bond acceptors (Lipinski definition) is 3. The van der Waals surface area contributed by atoms with Gasteiger partial charge in [-0.3, -0.25) is 14.7 Å². The van der Waals surface area contributed by atoms with E-state index in [1.54, 1.807) is 4.90 Å². The molecule has 1 unspecified atom stereocenters. The van der Waals surface area contributed by atoms with Crippen molar-refractivity contribution in [1.82, 2.24) is 15.5 Å². The minimum atomic E-state index is -0.312. The summed E-state index contributed by atoms with van der Waals surface area (Å²) in [4.78, 5) is 26.6. The molecule has 1 atom stereocenters. The summed E-state index contributed by atoms with van der Waals surface area (Å²) in [5.41, 5.74) is 4.11. The van der Waals surface area contributed by atoms with Gasteiger partial charge in [0.1, 0.15) is 0 Å². The Kier molecular flexibility index (Phi) is 4.72. The van der Waals surface area contributed by atoms with Crippen LogP contribution >= 0.6 is 0 Å². The van der Waals surface area contributed by atoms with Crippen molar-refractivity contribution >= 4 is 17.5 Å².